The van der Waals surface area contributed by atoms with Crippen LogP contribution in [0.4, 0.5) is 5.13 Å². The normalized spacial score (nSPS) is 10.6. The summed E-state index contributed by atoms with van der Waals surface area (Å²) in [5.41, 5.74) is 0. The molecular weight excluding hydrogens is 336 g/mol. The van der Waals surface area contributed by atoms with E-state index in [1.54, 1.807) is 11.3 Å². The van der Waals surface area contributed by atoms with Gasteiger partial charge in [0.25, 0.3) is 0 Å². The number of thioether (sulfide) groups is 1. The van der Waals surface area contributed by atoms with Gasteiger partial charge in [0.2, 0.25) is 11.0 Å². The Bertz CT molecular complexity index is 556. The molecule has 2 rings (SSSR count). The molecule has 0 aromatic carbocycles. The van der Waals surface area contributed by atoms with E-state index < -0.39 is 0 Å². The van der Waals surface area contributed by atoms with Crippen LogP contribution >= 0.6 is 34.4 Å². The molecule has 2 N–H and O–H groups in total. The van der Waals surface area contributed by atoms with E-state index in [-0.39, 0.29) is 5.91 Å². The minimum Gasteiger partial charge on any atom is -0.360 e. The lowest BCUT2D eigenvalue weighted by molar-refractivity contribution is -0.118. The number of hydrogen-bond acceptors (Lipinski definition) is 7. The summed E-state index contributed by atoms with van der Waals surface area (Å²) >= 11 is 4.65. The van der Waals surface area contributed by atoms with Gasteiger partial charge >= 0.3 is 0 Å². The van der Waals surface area contributed by atoms with Crippen molar-refractivity contribution in [3.63, 3.8) is 0 Å². The van der Waals surface area contributed by atoms with Crippen molar-refractivity contribution < 1.29 is 4.79 Å². The SMILES string of the molecule is CCCCNc1nnc(SCC(=O)NCCc2cccs2)s1. The van der Waals surface area contributed by atoms with Gasteiger partial charge < -0.3 is 10.6 Å². The van der Waals surface area contributed by atoms with Gasteiger partial charge in [-0.2, -0.15) is 0 Å². The number of hydrogen-bond donors (Lipinski definition) is 2. The highest BCUT2D eigenvalue weighted by atomic mass is 32.2. The van der Waals surface area contributed by atoms with Gasteiger partial charge in [-0.3, -0.25) is 4.79 Å². The Balaban J connectivity index is 1.61. The molecule has 2 aromatic heterocycles. The fraction of sp³-hybridized carbons (Fsp3) is 0.500. The highest BCUT2D eigenvalue weighted by Crippen LogP contribution is 2.25. The summed E-state index contributed by atoms with van der Waals surface area (Å²) < 4.78 is 0.826. The quantitative estimate of drug-likeness (QED) is 0.505. The summed E-state index contributed by atoms with van der Waals surface area (Å²) in [6.07, 6.45) is 3.16. The number of anilines is 1. The molecule has 2 heterocycles. The van der Waals surface area contributed by atoms with Crippen molar-refractivity contribution >= 4 is 45.5 Å². The highest BCUT2D eigenvalue weighted by Gasteiger charge is 2.07. The lowest BCUT2D eigenvalue weighted by Gasteiger charge is -2.02. The molecule has 5 nitrogen and oxygen atoms in total. The molecule has 2 aromatic rings. The van der Waals surface area contributed by atoms with Gasteiger partial charge in [0, 0.05) is 18.0 Å². The molecule has 0 aliphatic rings. The Morgan fingerprint density at radius 3 is 3.05 bits per heavy atom. The van der Waals surface area contributed by atoms with Crippen LogP contribution in [0.2, 0.25) is 0 Å². The Kier molecular flexibility index (Phi) is 7.68. The van der Waals surface area contributed by atoms with Crippen LogP contribution in [0.3, 0.4) is 0 Å². The van der Waals surface area contributed by atoms with Gasteiger partial charge in [-0.15, -0.1) is 21.5 Å². The van der Waals surface area contributed by atoms with Gasteiger partial charge in [-0.25, -0.2) is 0 Å². The van der Waals surface area contributed by atoms with Crippen LogP contribution in [0.15, 0.2) is 21.9 Å². The highest BCUT2D eigenvalue weighted by molar-refractivity contribution is 8.01. The van der Waals surface area contributed by atoms with Crippen molar-refractivity contribution in [3.05, 3.63) is 22.4 Å². The molecule has 0 unspecified atom stereocenters. The van der Waals surface area contributed by atoms with E-state index in [1.807, 2.05) is 6.07 Å². The second kappa shape index (κ2) is 9.81. The molecule has 0 saturated heterocycles. The van der Waals surface area contributed by atoms with Gasteiger partial charge in [0.15, 0.2) is 4.34 Å². The van der Waals surface area contributed by atoms with Gasteiger partial charge in [0.05, 0.1) is 5.75 Å². The average Bonchev–Trinajstić information content (AvgIpc) is 3.17. The van der Waals surface area contributed by atoms with Crippen LogP contribution in [0.25, 0.3) is 0 Å². The molecule has 0 aliphatic carbocycles. The second-order valence-electron chi connectivity index (χ2n) is 4.62. The van der Waals surface area contributed by atoms with Crippen molar-refractivity contribution in [1.29, 1.82) is 0 Å². The number of nitrogens with one attached hydrogen (secondary N) is 2. The number of amides is 1. The van der Waals surface area contributed by atoms with Crippen LogP contribution < -0.4 is 10.6 Å². The molecule has 0 fully saturated rings. The molecule has 1 amide bonds. The predicted molar refractivity (Wildman–Crippen MR) is 95.1 cm³/mol. The first kappa shape index (κ1) is 17.2. The smallest absolute Gasteiger partial charge is 0.230 e. The van der Waals surface area contributed by atoms with Crippen LogP contribution in [-0.2, 0) is 11.2 Å². The third-order valence-electron chi connectivity index (χ3n) is 2.81. The van der Waals surface area contributed by atoms with Gasteiger partial charge in [-0.05, 0) is 24.3 Å². The number of aromatic nitrogens is 2. The van der Waals surface area contributed by atoms with Crippen LogP contribution in [0.1, 0.15) is 24.6 Å². The Hall–Kier alpha value is -1.12. The number of thiophene rings is 1. The maximum Gasteiger partial charge on any atom is 0.230 e. The summed E-state index contributed by atoms with van der Waals surface area (Å²) in [7, 11) is 0. The topological polar surface area (TPSA) is 66.9 Å². The summed E-state index contributed by atoms with van der Waals surface area (Å²) in [5, 5.41) is 17.2. The second-order valence-corrected chi connectivity index (χ2v) is 7.85. The minimum absolute atomic E-state index is 0.0391. The van der Waals surface area contributed by atoms with E-state index in [2.05, 4.69) is 39.2 Å². The number of rotatable bonds is 10. The fourth-order valence-corrected chi connectivity index (χ4v) is 3.99. The zero-order chi connectivity index (χ0) is 15.6. The van der Waals surface area contributed by atoms with Crippen molar-refractivity contribution in [1.82, 2.24) is 15.5 Å². The Morgan fingerprint density at radius 2 is 2.27 bits per heavy atom. The third kappa shape index (κ3) is 6.33. The summed E-state index contributed by atoms with van der Waals surface area (Å²) in [6, 6.07) is 4.11. The van der Waals surface area contributed by atoms with E-state index in [0.717, 1.165) is 35.3 Å². The van der Waals surface area contributed by atoms with E-state index in [4.69, 9.17) is 0 Å². The summed E-state index contributed by atoms with van der Waals surface area (Å²) in [4.78, 5) is 13.1. The molecule has 0 atom stereocenters. The Labute approximate surface area is 142 Å². The summed E-state index contributed by atoms with van der Waals surface area (Å²) in [5.74, 6) is 0.422. The monoisotopic (exact) mass is 356 g/mol. The first-order chi connectivity index (χ1) is 10.8. The lowest BCUT2D eigenvalue weighted by atomic mass is 10.3. The molecule has 0 spiro atoms. The predicted octanol–water partition coefficient (Wildman–Crippen LogP) is 3.26. The zero-order valence-electron chi connectivity index (χ0n) is 12.5. The lowest BCUT2D eigenvalue weighted by Crippen LogP contribution is -2.27. The van der Waals surface area contributed by atoms with Crippen molar-refractivity contribution in [2.75, 3.05) is 24.2 Å². The van der Waals surface area contributed by atoms with Crippen LogP contribution in [0, 0.1) is 0 Å². The van der Waals surface area contributed by atoms with Crippen molar-refractivity contribution in [3.8, 4) is 0 Å². The van der Waals surface area contributed by atoms with E-state index in [9.17, 15) is 4.79 Å². The molecule has 8 heteroatoms. The number of nitrogens with zero attached hydrogens (tertiary/aromatic N) is 2. The molecule has 120 valence electrons. The van der Waals surface area contributed by atoms with Crippen molar-refractivity contribution in [2.45, 2.75) is 30.5 Å². The molecule has 0 saturated carbocycles. The number of unbranched alkanes of at least 4 members (excludes halogenated alkanes) is 1. The minimum atomic E-state index is 0.0391. The first-order valence-electron chi connectivity index (χ1n) is 7.27. The fourth-order valence-electron chi connectivity index (χ4n) is 1.67. The van der Waals surface area contributed by atoms with Crippen LogP contribution in [0.5, 0.6) is 0 Å². The molecular formula is C14H20N4OS3. The summed E-state index contributed by atoms with van der Waals surface area (Å²) in [6.45, 7) is 3.75. The number of carbonyl (C=O) groups is 1. The molecule has 0 radical (unpaired) electrons. The molecule has 0 aliphatic heterocycles. The van der Waals surface area contributed by atoms with Gasteiger partial charge in [-0.1, -0.05) is 42.5 Å². The number of carbonyl (C=O) groups excluding carboxylic acids is 1. The van der Waals surface area contributed by atoms with Gasteiger partial charge in [0.1, 0.15) is 0 Å². The average molecular weight is 357 g/mol. The third-order valence-corrected chi connectivity index (χ3v) is 5.76. The Morgan fingerprint density at radius 1 is 1.36 bits per heavy atom. The largest absolute Gasteiger partial charge is 0.360 e. The van der Waals surface area contributed by atoms with E-state index in [1.165, 1.54) is 28.0 Å². The van der Waals surface area contributed by atoms with E-state index >= 15 is 0 Å². The van der Waals surface area contributed by atoms with E-state index in [0.29, 0.717) is 12.3 Å². The maximum atomic E-state index is 11.8. The maximum absolute atomic E-state index is 11.8. The van der Waals surface area contributed by atoms with Crippen LogP contribution in [-0.4, -0.2) is 34.9 Å². The standard InChI is InChI=1S/C14H20N4OS3/c1-2-3-7-16-13-17-18-14(22-13)21-10-12(19)15-8-6-11-5-4-9-20-11/h4-5,9H,2-3,6-8,10H2,1H3,(H,15,19)(H,16,17). The molecule has 0 bridgehead atoms. The van der Waals surface area contributed by atoms with Crippen molar-refractivity contribution in [2.24, 2.45) is 0 Å². The zero-order valence-corrected chi connectivity index (χ0v) is 15.0. The first-order valence-corrected chi connectivity index (χ1v) is 9.95. The molecule has 22 heavy (non-hydrogen) atoms.